The number of aromatic nitrogens is 4. The van der Waals surface area contributed by atoms with E-state index >= 15 is 0 Å². The smallest absolute Gasteiger partial charge is 0.159 e. The van der Waals surface area contributed by atoms with E-state index in [9.17, 15) is 5.11 Å². The van der Waals surface area contributed by atoms with Crippen LogP contribution in [0.2, 0.25) is 0 Å². The maximum atomic E-state index is 10.0. The number of imidazole rings is 1. The van der Waals surface area contributed by atoms with E-state index in [2.05, 4.69) is 58.1 Å². The molecule has 0 spiro atoms. The van der Waals surface area contributed by atoms with E-state index in [-0.39, 0.29) is 11.9 Å². The summed E-state index contributed by atoms with van der Waals surface area (Å²) in [4.78, 5) is 12.7. The minimum absolute atomic E-state index is 0.179. The summed E-state index contributed by atoms with van der Waals surface area (Å²) in [6, 6.07) is 12.0. The zero-order chi connectivity index (χ0) is 20.8. The van der Waals surface area contributed by atoms with Crippen molar-refractivity contribution < 1.29 is 9.84 Å². The molecular formula is C22H26N6O2. The molecule has 1 aliphatic heterocycles. The van der Waals surface area contributed by atoms with Gasteiger partial charge in [-0.15, -0.1) is 0 Å². The van der Waals surface area contributed by atoms with E-state index in [1.54, 1.807) is 12.1 Å². The summed E-state index contributed by atoms with van der Waals surface area (Å²) in [7, 11) is 4.14. The predicted octanol–water partition coefficient (Wildman–Crippen LogP) is 2.97. The molecule has 2 aromatic carbocycles. The van der Waals surface area contributed by atoms with Crippen molar-refractivity contribution in [1.82, 2.24) is 25.1 Å². The molecule has 0 aliphatic carbocycles. The lowest BCUT2D eigenvalue weighted by atomic mass is 10.1. The summed E-state index contributed by atoms with van der Waals surface area (Å²) in [5, 5.41) is 18.1. The van der Waals surface area contributed by atoms with Crippen LogP contribution in [-0.2, 0) is 4.74 Å². The molecule has 0 radical (unpaired) electrons. The summed E-state index contributed by atoms with van der Waals surface area (Å²) in [5.41, 5.74) is 4.31. The topological polar surface area (TPSA) is 93.3 Å². The third-order valence-corrected chi connectivity index (χ3v) is 5.67. The zero-order valence-electron chi connectivity index (χ0n) is 17.4. The number of hydrogen-bond donors (Lipinski definition) is 3. The first-order valence-corrected chi connectivity index (χ1v) is 10.2. The number of para-hydroxylation sites is 1. The number of nitrogens with one attached hydrogen (secondary N) is 2. The van der Waals surface area contributed by atoms with Crippen molar-refractivity contribution in [2.45, 2.75) is 19.1 Å². The second-order valence-electron chi connectivity index (χ2n) is 8.28. The Bertz CT molecular complexity index is 1200. The number of nitrogens with zero attached hydrogens (tertiary/aromatic N) is 4. The maximum absolute atomic E-state index is 10.0. The van der Waals surface area contributed by atoms with Crippen molar-refractivity contribution >= 4 is 27.6 Å². The minimum atomic E-state index is 0.179. The summed E-state index contributed by atoms with van der Waals surface area (Å²) >= 11 is 0. The molecule has 4 aromatic rings. The van der Waals surface area contributed by atoms with Crippen LogP contribution in [0.3, 0.4) is 0 Å². The van der Waals surface area contributed by atoms with Gasteiger partial charge in [0, 0.05) is 30.2 Å². The Kier molecular flexibility index (Phi) is 4.60. The Morgan fingerprint density at radius 1 is 1.27 bits per heavy atom. The van der Waals surface area contributed by atoms with Crippen molar-refractivity contribution in [1.29, 1.82) is 0 Å². The van der Waals surface area contributed by atoms with Gasteiger partial charge in [0.1, 0.15) is 17.0 Å². The van der Waals surface area contributed by atoms with Gasteiger partial charge in [0.05, 0.1) is 23.7 Å². The van der Waals surface area contributed by atoms with Crippen LogP contribution in [0, 0.1) is 0 Å². The molecular weight excluding hydrogens is 380 g/mol. The number of phenols is 1. The fraction of sp³-hybridized carbons (Fsp3) is 0.364. The quantitative estimate of drug-likeness (QED) is 0.483. The van der Waals surface area contributed by atoms with Gasteiger partial charge >= 0.3 is 0 Å². The number of fused-ring (bicyclic) bond motifs is 2. The molecule has 2 aromatic heterocycles. The average molecular weight is 406 g/mol. The molecule has 8 heteroatoms. The van der Waals surface area contributed by atoms with Crippen LogP contribution in [0.1, 0.15) is 6.92 Å². The van der Waals surface area contributed by atoms with Gasteiger partial charge in [-0.25, -0.2) is 4.98 Å². The molecule has 3 N–H and O–H groups in total. The van der Waals surface area contributed by atoms with E-state index in [0.29, 0.717) is 29.7 Å². The number of anilines is 1. The first-order chi connectivity index (χ1) is 14.5. The van der Waals surface area contributed by atoms with Gasteiger partial charge in [-0.1, -0.05) is 12.1 Å². The lowest BCUT2D eigenvalue weighted by Gasteiger charge is -2.40. The van der Waals surface area contributed by atoms with Gasteiger partial charge in [0.25, 0.3) is 0 Å². The maximum Gasteiger partial charge on any atom is 0.159 e. The number of rotatable bonds is 4. The highest BCUT2D eigenvalue weighted by atomic mass is 16.5. The van der Waals surface area contributed by atoms with E-state index in [1.165, 1.54) is 0 Å². The van der Waals surface area contributed by atoms with Gasteiger partial charge in [0.15, 0.2) is 5.82 Å². The fourth-order valence-electron chi connectivity index (χ4n) is 4.19. The van der Waals surface area contributed by atoms with E-state index < -0.39 is 0 Å². The van der Waals surface area contributed by atoms with Gasteiger partial charge in [-0.2, -0.15) is 5.10 Å². The van der Waals surface area contributed by atoms with E-state index in [1.807, 2.05) is 12.1 Å². The largest absolute Gasteiger partial charge is 0.506 e. The molecule has 1 fully saturated rings. The Hall–Kier alpha value is -3.10. The highest BCUT2D eigenvalue weighted by Gasteiger charge is 2.27. The minimum Gasteiger partial charge on any atom is -0.506 e. The van der Waals surface area contributed by atoms with E-state index in [4.69, 9.17) is 9.72 Å². The predicted molar refractivity (Wildman–Crippen MR) is 118 cm³/mol. The van der Waals surface area contributed by atoms with Crippen LogP contribution in [0.5, 0.6) is 5.75 Å². The van der Waals surface area contributed by atoms with Gasteiger partial charge < -0.3 is 24.6 Å². The monoisotopic (exact) mass is 406 g/mol. The Balaban J connectivity index is 1.48. The zero-order valence-corrected chi connectivity index (χ0v) is 17.4. The van der Waals surface area contributed by atoms with Crippen molar-refractivity contribution in [2.24, 2.45) is 0 Å². The Morgan fingerprint density at radius 3 is 2.97 bits per heavy atom. The molecule has 3 heterocycles. The number of aromatic hydroxyl groups is 1. The van der Waals surface area contributed by atoms with Crippen LogP contribution >= 0.6 is 0 Å². The summed E-state index contributed by atoms with van der Waals surface area (Å²) in [5.74, 6) is 0.859. The van der Waals surface area contributed by atoms with Gasteiger partial charge in [-0.3, -0.25) is 5.10 Å². The van der Waals surface area contributed by atoms with Crippen LogP contribution in [-0.4, -0.2) is 76.1 Å². The number of likely N-dealkylation sites (N-methyl/N-ethyl adjacent to an activating group) is 1. The van der Waals surface area contributed by atoms with Crippen LogP contribution in [0.25, 0.3) is 33.5 Å². The lowest BCUT2D eigenvalue weighted by molar-refractivity contribution is 0.00880. The lowest BCUT2D eigenvalue weighted by Crippen LogP contribution is -2.51. The van der Waals surface area contributed by atoms with E-state index in [0.717, 1.165) is 35.2 Å². The van der Waals surface area contributed by atoms with Crippen molar-refractivity contribution in [3.63, 3.8) is 0 Å². The van der Waals surface area contributed by atoms with Crippen molar-refractivity contribution in [3.8, 4) is 17.3 Å². The Labute approximate surface area is 174 Å². The number of ether oxygens (including phenoxy) is 1. The normalized spacial score (nSPS) is 19.9. The van der Waals surface area contributed by atoms with Crippen LogP contribution < -0.4 is 4.90 Å². The van der Waals surface area contributed by atoms with Gasteiger partial charge in [-0.05, 0) is 45.3 Å². The number of phenolic OH excluding ortho intramolecular Hbond substituents is 1. The first-order valence-electron chi connectivity index (χ1n) is 10.2. The second-order valence-corrected chi connectivity index (χ2v) is 8.28. The fourth-order valence-corrected chi connectivity index (χ4v) is 4.19. The van der Waals surface area contributed by atoms with Crippen molar-refractivity contribution in [2.75, 3.05) is 38.7 Å². The number of morpholine rings is 1. The highest BCUT2D eigenvalue weighted by Crippen LogP contribution is 2.32. The SMILES string of the molecule is CC1COC(CN(C)C)CN1c1ccc2nc(-c3n[nH]c4c(O)cccc34)[nH]c2c1. The summed E-state index contributed by atoms with van der Waals surface area (Å²) in [6.45, 7) is 4.66. The molecule has 0 bridgehead atoms. The summed E-state index contributed by atoms with van der Waals surface area (Å²) in [6.07, 6.45) is 0.187. The van der Waals surface area contributed by atoms with Crippen LogP contribution in [0.4, 0.5) is 5.69 Å². The van der Waals surface area contributed by atoms with Crippen LogP contribution in [0.15, 0.2) is 36.4 Å². The van der Waals surface area contributed by atoms with Crippen molar-refractivity contribution in [3.05, 3.63) is 36.4 Å². The molecule has 2 atom stereocenters. The first kappa shape index (κ1) is 18.9. The molecule has 1 aliphatic rings. The number of benzene rings is 2. The standard InChI is InChI=1S/C22H26N6O2/c1-13-12-30-15(10-27(2)3)11-28(13)14-7-8-17-18(9-14)24-22(23-17)21-16-5-4-6-19(29)20(16)25-26-21/h4-9,13,15,29H,10-12H2,1-3H3,(H,23,24)(H,25,26). The number of aromatic amines is 2. The average Bonchev–Trinajstić information content (AvgIpc) is 3.33. The molecule has 30 heavy (non-hydrogen) atoms. The van der Waals surface area contributed by atoms with Gasteiger partial charge in [0.2, 0.25) is 0 Å². The molecule has 2 unspecified atom stereocenters. The third kappa shape index (κ3) is 3.28. The molecule has 8 nitrogen and oxygen atoms in total. The highest BCUT2D eigenvalue weighted by molar-refractivity contribution is 5.96. The summed E-state index contributed by atoms with van der Waals surface area (Å²) < 4.78 is 6.01. The molecule has 1 saturated heterocycles. The molecule has 156 valence electrons. The molecule has 0 saturated carbocycles. The Morgan fingerprint density at radius 2 is 2.13 bits per heavy atom. The molecule has 5 rings (SSSR count). The third-order valence-electron chi connectivity index (χ3n) is 5.67. The molecule has 0 amide bonds. The second kappa shape index (κ2) is 7.30. The number of H-pyrrole nitrogens is 2. The number of hydrogen-bond acceptors (Lipinski definition) is 6.